The van der Waals surface area contributed by atoms with E-state index in [1.54, 1.807) is 0 Å². The van der Waals surface area contributed by atoms with Gasteiger partial charge in [-0.15, -0.1) is 0 Å². The molecule has 1 aliphatic carbocycles. The molecule has 1 saturated carbocycles. The Bertz CT molecular complexity index is 338. The minimum Gasteiger partial charge on any atom is -0.329 e. The summed E-state index contributed by atoms with van der Waals surface area (Å²) in [5, 5.41) is 0. The summed E-state index contributed by atoms with van der Waals surface area (Å²) in [4.78, 5) is 28.2. The van der Waals surface area contributed by atoms with E-state index in [1.165, 1.54) is 0 Å². The average Bonchev–Trinajstić information content (AvgIpc) is 3.11. The molecule has 0 bridgehead atoms. The second kappa shape index (κ2) is 3.47. The van der Waals surface area contributed by atoms with Gasteiger partial charge in [-0.25, -0.2) is 0 Å². The van der Waals surface area contributed by atoms with Gasteiger partial charge in [0, 0.05) is 12.6 Å². The van der Waals surface area contributed by atoms with E-state index < -0.39 is 0 Å². The topological polar surface area (TPSA) is 40.6 Å². The molecule has 2 amide bonds. The summed E-state index contributed by atoms with van der Waals surface area (Å²) in [6.07, 6.45) is 5.14. The molecule has 3 aliphatic rings. The fraction of sp³-hybridized carbons (Fsp3) is 0.833. The zero-order valence-electron chi connectivity index (χ0n) is 9.69. The van der Waals surface area contributed by atoms with E-state index >= 15 is 0 Å². The van der Waals surface area contributed by atoms with Crippen LogP contribution in [-0.4, -0.2) is 46.3 Å². The largest absolute Gasteiger partial charge is 0.329 e. The SMILES string of the molecule is CC1C(=O)N2CCCCC2C(=O)N1C1CC1. The van der Waals surface area contributed by atoms with E-state index in [4.69, 9.17) is 0 Å². The average molecular weight is 222 g/mol. The molecular formula is C12H18N2O2. The molecule has 4 heteroatoms. The third-order valence-corrected chi connectivity index (χ3v) is 4.04. The van der Waals surface area contributed by atoms with Gasteiger partial charge >= 0.3 is 0 Å². The van der Waals surface area contributed by atoms with Gasteiger partial charge in [0.2, 0.25) is 11.8 Å². The molecule has 0 N–H and O–H groups in total. The Kier molecular flexibility index (Phi) is 2.19. The molecule has 3 fully saturated rings. The molecule has 0 spiro atoms. The third kappa shape index (κ3) is 1.35. The molecule has 0 aromatic heterocycles. The molecule has 2 unspecified atom stereocenters. The first-order valence-corrected chi connectivity index (χ1v) is 6.33. The second-order valence-corrected chi connectivity index (χ2v) is 5.20. The monoisotopic (exact) mass is 222 g/mol. The van der Waals surface area contributed by atoms with Crippen molar-refractivity contribution >= 4 is 11.8 Å². The highest BCUT2D eigenvalue weighted by molar-refractivity contribution is 5.97. The Morgan fingerprint density at radius 1 is 1.06 bits per heavy atom. The Labute approximate surface area is 95.6 Å². The van der Waals surface area contributed by atoms with Crippen molar-refractivity contribution in [3.8, 4) is 0 Å². The van der Waals surface area contributed by atoms with Crippen LogP contribution in [0, 0.1) is 0 Å². The maximum Gasteiger partial charge on any atom is 0.246 e. The van der Waals surface area contributed by atoms with Crippen molar-refractivity contribution in [2.45, 2.75) is 57.2 Å². The van der Waals surface area contributed by atoms with Crippen molar-refractivity contribution < 1.29 is 9.59 Å². The number of hydrogen-bond acceptors (Lipinski definition) is 2. The van der Waals surface area contributed by atoms with E-state index in [0.29, 0.717) is 6.04 Å². The lowest BCUT2D eigenvalue weighted by atomic mass is 9.95. The minimum atomic E-state index is -0.227. The highest BCUT2D eigenvalue weighted by atomic mass is 16.2. The predicted molar refractivity (Wildman–Crippen MR) is 58.7 cm³/mol. The van der Waals surface area contributed by atoms with Gasteiger partial charge in [-0.3, -0.25) is 9.59 Å². The van der Waals surface area contributed by atoms with E-state index in [-0.39, 0.29) is 23.9 Å². The molecule has 4 nitrogen and oxygen atoms in total. The van der Waals surface area contributed by atoms with Gasteiger partial charge in [0.05, 0.1) is 0 Å². The van der Waals surface area contributed by atoms with Crippen LogP contribution in [0.15, 0.2) is 0 Å². The summed E-state index contributed by atoms with van der Waals surface area (Å²) in [6.45, 7) is 2.65. The lowest BCUT2D eigenvalue weighted by molar-refractivity contribution is -0.163. The number of fused-ring (bicyclic) bond motifs is 1. The zero-order chi connectivity index (χ0) is 11.3. The first kappa shape index (κ1) is 10.1. The van der Waals surface area contributed by atoms with Crippen molar-refractivity contribution in [2.75, 3.05) is 6.54 Å². The summed E-state index contributed by atoms with van der Waals surface area (Å²) in [6, 6.07) is -0.0112. The van der Waals surface area contributed by atoms with Crippen LogP contribution < -0.4 is 0 Å². The van der Waals surface area contributed by atoms with Crippen LogP contribution in [0.1, 0.15) is 39.0 Å². The van der Waals surface area contributed by atoms with E-state index in [1.807, 2.05) is 16.7 Å². The van der Waals surface area contributed by atoms with Crippen molar-refractivity contribution in [3.05, 3.63) is 0 Å². The van der Waals surface area contributed by atoms with Crippen LogP contribution in [0.2, 0.25) is 0 Å². The predicted octanol–water partition coefficient (Wildman–Crippen LogP) is 0.761. The highest BCUT2D eigenvalue weighted by Crippen LogP contribution is 2.35. The Morgan fingerprint density at radius 2 is 1.81 bits per heavy atom. The first-order valence-electron chi connectivity index (χ1n) is 6.33. The Morgan fingerprint density at radius 3 is 2.50 bits per heavy atom. The number of hydrogen-bond donors (Lipinski definition) is 0. The van der Waals surface area contributed by atoms with Gasteiger partial charge in [0.1, 0.15) is 12.1 Å². The quantitative estimate of drug-likeness (QED) is 0.657. The maximum atomic E-state index is 12.3. The molecule has 2 aliphatic heterocycles. The fourth-order valence-electron chi connectivity index (χ4n) is 3.02. The molecule has 2 heterocycles. The molecular weight excluding hydrogens is 204 g/mol. The molecule has 2 atom stereocenters. The van der Waals surface area contributed by atoms with Gasteiger partial charge in [-0.2, -0.15) is 0 Å². The Balaban J connectivity index is 1.88. The van der Waals surface area contributed by atoms with Crippen molar-refractivity contribution in [1.29, 1.82) is 0 Å². The number of piperazine rings is 1. The first-order chi connectivity index (χ1) is 7.70. The van der Waals surface area contributed by atoms with Crippen LogP contribution in [0.3, 0.4) is 0 Å². The van der Waals surface area contributed by atoms with Crippen molar-refractivity contribution in [3.63, 3.8) is 0 Å². The molecule has 88 valence electrons. The standard InChI is InChI=1S/C12H18N2O2/c1-8-11(15)13-7-3-2-4-10(13)12(16)14(8)9-5-6-9/h8-10H,2-7H2,1H3. The lowest BCUT2D eigenvalue weighted by Crippen LogP contribution is -2.65. The molecule has 0 aromatic rings. The highest BCUT2D eigenvalue weighted by Gasteiger charge is 2.49. The molecule has 16 heavy (non-hydrogen) atoms. The van der Waals surface area contributed by atoms with Gasteiger partial charge < -0.3 is 9.80 Å². The zero-order valence-corrected chi connectivity index (χ0v) is 9.69. The van der Waals surface area contributed by atoms with Crippen LogP contribution >= 0.6 is 0 Å². The molecule has 0 radical (unpaired) electrons. The molecule has 0 aromatic carbocycles. The van der Waals surface area contributed by atoms with Crippen LogP contribution in [0.4, 0.5) is 0 Å². The summed E-state index contributed by atoms with van der Waals surface area (Å²) in [5.41, 5.74) is 0. The van der Waals surface area contributed by atoms with Crippen molar-refractivity contribution in [1.82, 2.24) is 9.80 Å². The van der Waals surface area contributed by atoms with Crippen LogP contribution in [0.5, 0.6) is 0 Å². The van der Waals surface area contributed by atoms with Gasteiger partial charge in [-0.1, -0.05) is 0 Å². The third-order valence-electron chi connectivity index (χ3n) is 4.04. The summed E-state index contributed by atoms with van der Waals surface area (Å²) < 4.78 is 0. The minimum absolute atomic E-state index is 0.141. The van der Waals surface area contributed by atoms with Gasteiger partial charge in [-0.05, 0) is 39.0 Å². The second-order valence-electron chi connectivity index (χ2n) is 5.20. The van der Waals surface area contributed by atoms with Crippen LogP contribution in [-0.2, 0) is 9.59 Å². The summed E-state index contributed by atoms with van der Waals surface area (Å²) >= 11 is 0. The smallest absolute Gasteiger partial charge is 0.246 e. The molecule has 2 saturated heterocycles. The number of rotatable bonds is 1. The number of nitrogens with zero attached hydrogens (tertiary/aromatic N) is 2. The summed E-state index contributed by atoms with van der Waals surface area (Å²) in [5.74, 6) is 0.366. The lowest BCUT2D eigenvalue weighted by Gasteiger charge is -2.46. The van der Waals surface area contributed by atoms with Gasteiger partial charge in [0.25, 0.3) is 0 Å². The van der Waals surface area contributed by atoms with E-state index in [9.17, 15) is 9.59 Å². The fourth-order valence-corrected chi connectivity index (χ4v) is 3.02. The van der Waals surface area contributed by atoms with Crippen LogP contribution in [0.25, 0.3) is 0 Å². The summed E-state index contributed by atoms with van der Waals surface area (Å²) in [7, 11) is 0. The maximum absolute atomic E-state index is 12.3. The molecule has 3 rings (SSSR count). The Hall–Kier alpha value is -1.06. The normalized spacial score (nSPS) is 35.3. The number of piperidine rings is 1. The number of amides is 2. The number of carbonyl (C=O) groups is 2. The van der Waals surface area contributed by atoms with Crippen molar-refractivity contribution in [2.24, 2.45) is 0 Å². The number of carbonyl (C=O) groups excluding carboxylic acids is 2. The van der Waals surface area contributed by atoms with Gasteiger partial charge in [0.15, 0.2) is 0 Å². The van der Waals surface area contributed by atoms with E-state index in [0.717, 1.165) is 38.6 Å². The van der Waals surface area contributed by atoms with E-state index in [2.05, 4.69) is 0 Å².